The predicted octanol–water partition coefficient (Wildman–Crippen LogP) is 1.78. The maximum absolute atomic E-state index is 5.95. The highest BCUT2D eigenvalue weighted by atomic mass is 35.5. The predicted molar refractivity (Wildman–Crippen MR) is 69.0 cm³/mol. The lowest BCUT2D eigenvalue weighted by atomic mass is 9.98. The van der Waals surface area contributed by atoms with Crippen LogP contribution >= 0.6 is 11.6 Å². The van der Waals surface area contributed by atoms with Crippen molar-refractivity contribution in [1.29, 1.82) is 0 Å². The quantitative estimate of drug-likeness (QED) is 0.897. The standard InChI is InChI=1S/C12H14ClN5/c13-10-2-1-3-11(8-10)18-16-12(15-17-18)9-4-6-14-7-5-9/h1-3,8-9,14H,4-7H2. The molecule has 3 rings (SSSR count). The van der Waals surface area contributed by atoms with Crippen LogP contribution in [0.15, 0.2) is 24.3 Å². The topological polar surface area (TPSA) is 55.6 Å². The third-order valence-corrected chi connectivity index (χ3v) is 3.41. The second-order valence-corrected chi connectivity index (χ2v) is 4.88. The van der Waals surface area contributed by atoms with E-state index in [-0.39, 0.29) is 0 Å². The van der Waals surface area contributed by atoms with Crippen molar-refractivity contribution < 1.29 is 0 Å². The van der Waals surface area contributed by atoms with Gasteiger partial charge < -0.3 is 5.32 Å². The molecule has 0 unspecified atom stereocenters. The van der Waals surface area contributed by atoms with Crippen LogP contribution in [-0.2, 0) is 0 Å². The smallest absolute Gasteiger partial charge is 0.178 e. The highest BCUT2D eigenvalue weighted by Crippen LogP contribution is 2.21. The van der Waals surface area contributed by atoms with Gasteiger partial charge in [0.1, 0.15) is 0 Å². The Morgan fingerprint density at radius 3 is 2.89 bits per heavy atom. The van der Waals surface area contributed by atoms with Crippen LogP contribution in [0.1, 0.15) is 24.6 Å². The minimum Gasteiger partial charge on any atom is -0.317 e. The molecule has 0 saturated carbocycles. The lowest BCUT2D eigenvalue weighted by Crippen LogP contribution is -2.27. The van der Waals surface area contributed by atoms with Crippen LogP contribution in [0.4, 0.5) is 0 Å². The van der Waals surface area contributed by atoms with Gasteiger partial charge in [-0.2, -0.15) is 0 Å². The summed E-state index contributed by atoms with van der Waals surface area (Å²) in [6.45, 7) is 2.05. The van der Waals surface area contributed by atoms with Crippen molar-refractivity contribution in [3.8, 4) is 5.69 Å². The number of hydrogen-bond acceptors (Lipinski definition) is 4. The minimum absolute atomic E-state index is 0.416. The molecule has 0 aliphatic carbocycles. The van der Waals surface area contributed by atoms with Crippen molar-refractivity contribution in [2.75, 3.05) is 13.1 Å². The van der Waals surface area contributed by atoms with E-state index in [9.17, 15) is 0 Å². The summed E-state index contributed by atoms with van der Waals surface area (Å²) in [4.78, 5) is 1.54. The van der Waals surface area contributed by atoms with Gasteiger partial charge in [-0.1, -0.05) is 17.7 Å². The Morgan fingerprint density at radius 2 is 2.11 bits per heavy atom. The summed E-state index contributed by atoms with van der Waals surface area (Å²) in [7, 11) is 0. The van der Waals surface area contributed by atoms with Gasteiger partial charge in [-0.3, -0.25) is 0 Å². The number of tetrazole rings is 1. The van der Waals surface area contributed by atoms with Crippen molar-refractivity contribution in [2.24, 2.45) is 0 Å². The van der Waals surface area contributed by atoms with Gasteiger partial charge >= 0.3 is 0 Å². The number of benzene rings is 1. The van der Waals surface area contributed by atoms with Crippen LogP contribution in [0.2, 0.25) is 5.02 Å². The first-order valence-electron chi connectivity index (χ1n) is 6.09. The third kappa shape index (κ3) is 2.37. The third-order valence-electron chi connectivity index (χ3n) is 3.17. The number of aromatic nitrogens is 4. The van der Waals surface area contributed by atoms with Crippen molar-refractivity contribution in [1.82, 2.24) is 25.5 Å². The maximum Gasteiger partial charge on any atom is 0.178 e. The lowest BCUT2D eigenvalue weighted by Gasteiger charge is -2.18. The summed E-state index contributed by atoms with van der Waals surface area (Å²) in [5, 5.41) is 16.7. The van der Waals surface area contributed by atoms with Gasteiger partial charge in [0.05, 0.1) is 5.69 Å². The van der Waals surface area contributed by atoms with E-state index < -0.39 is 0 Å². The molecule has 6 heteroatoms. The molecule has 0 bridgehead atoms. The molecule has 0 amide bonds. The number of rotatable bonds is 2. The van der Waals surface area contributed by atoms with Crippen LogP contribution in [0.5, 0.6) is 0 Å². The average molecular weight is 264 g/mol. The normalized spacial score (nSPS) is 16.9. The first kappa shape index (κ1) is 11.6. The zero-order valence-corrected chi connectivity index (χ0v) is 10.6. The Kier molecular flexibility index (Phi) is 3.25. The van der Waals surface area contributed by atoms with Crippen LogP contribution in [-0.4, -0.2) is 33.3 Å². The van der Waals surface area contributed by atoms with Gasteiger partial charge in [0, 0.05) is 10.9 Å². The molecule has 2 aromatic rings. The van der Waals surface area contributed by atoms with Gasteiger partial charge in [-0.15, -0.1) is 15.0 Å². The van der Waals surface area contributed by atoms with Gasteiger partial charge in [0.25, 0.3) is 0 Å². The fraction of sp³-hybridized carbons (Fsp3) is 0.417. The van der Waals surface area contributed by atoms with E-state index in [1.165, 1.54) is 0 Å². The Hall–Kier alpha value is -1.46. The monoisotopic (exact) mass is 263 g/mol. The Balaban J connectivity index is 1.84. The van der Waals surface area contributed by atoms with Crippen molar-refractivity contribution >= 4 is 11.6 Å². The average Bonchev–Trinajstić information content (AvgIpc) is 2.89. The maximum atomic E-state index is 5.95. The molecule has 5 nitrogen and oxygen atoms in total. The summed E-state index contributed by atoms with van der Waals surface area (Å²) < 4.78 is 0. The Labute approximate surface area is 110 Å². The van der Waals surface area contributed by atoms with Gasteiger partial charge in [0.2, 0.25) is 0 Å². The number of hydrogen-bond donors (Lipinski definition) is 1. The van der Waals surface area contributed by atoms with Gasteiger partial charge in [-0.25, -0.2) is 0 Å². The van der Waals surface area contributed by atoms with E-state index in [1.807, 2.05) is 24.3 Å². The molecule has 1 aliphatic heterocycles. The van der Waals surface area contributed by atoms with Crippen LogP contribution in [0, 0.1) is 0 Å². The highest BCUT2D eigenvalue weighted by molar-refractivity contribution is 6.30. The van der Waals surface area contributed by atoms with Crippen LogP contribution in [0.25, 0.3) is 5.69 Å². The molecule has 1 N–H and O–H groups in total. The Morgan fingerprint density at radius 1 is 1.28 bits per heavy atom. The van der Waals surface area contributed by atoms with E-state index in [2.05, 4.69) is 20.7 Å². The summed E-state index contributed by atoms with van der Waals surface area (Å²) in [6, 6.07) is 7.45. The van der Waals surface area contributed by atoms with Gasteiger partial charge in [0.15, 0.2) is 5.82 Å². The number of nitrogens with zero attached hydrogens (tertiary/aromatic N) is 4. The van der Waals surface area contributed by atoms with Crippen LogP contribution < -0.4 is 5.32 Å². The molecular weight excluding hydrogens is 250 g/mol. The molecule has 1 fully saturated rings. The van der Waals surface area contributed by atoms with E-state index in [1.54, 1.807) is 4.80 Å². The summed E-state index contributed by atoms with van der Waals surface area (Å²) in [5.41, 5.74) is 0.843. The van der Waals surface area contributed by atoms with E-state index in [0.717, 1.165) is 37.4 Å². The largest absolute Gasteiger partial charge is 0.317 e. The SMILES string of the molecule is Clc1cccc(-n2nnc(C3CCNCC3)n2)c1. The molecule has 2 heterocycles. The fourth-order valence-electron chi connectivity index (χ4n) is 2.18. The summed E-state index contributed by atoms with van der Waals surface area (Å²) in [6.07, 6.45) is 2.14. The molecule has 0 atom stereocenters. The molecule has 1 aromatic heterocycles. The zero-order chi connectivity index (χ0) is 12.4. The number of piperidine rings is 1. The lowest BCUT2D eigenvalue weighted by molar-refractivity contribution is 0.444. The van der Waals surface area contributed by atoms with E-state index in [4.69, 9.17) is 11.6 Å². The highest BCUT2D eigenvalue weighted by Gasteiger charge is 2.20. The molecule has 1 aliphatic rings. The zero-order valence-electron chi connectivity index (χ0n) is 9.88. The van der Waals surface area contributed by atoms with Crippen molar-refractivity contribution in [3.05, 3.63) is 35.1 Å². The number of halogens is 1. The molecule has 18 heavy (non-hydrogen) atoms. The molecular formula is C12H14ClN5. The van der Waals surface area contributed by atoms with Gasteiger partial charge in [-0.05, 0) is 49.3 Å². The second-order valence-electron chi connectivity index (χ2n) is 4.44. The van der Waals surface area contributed by atoms with E-state index in [0.29, 0.717) is 10.9 Å². The minimum atomic E-state index is 0.416. The van der Waals surface area contributed by atoms with Crippen molar-refractivity contribution in [3.63, 3.8) is 0 Å². The second kappa shape index (κ2) is 5.04. The molecule has 94 valence electrons. The van der Waals surface area contributed by atoms with Crippen LogP contribution in [0.3, 0.4) is 0 Å². The summed E-state index contributed by atoms with van der Waals surface area (Å²) in [5.74, 6) is 1.25. The molecule has 1 aromatic carbocycles. The van der Waals surface area contributed by atoms with Crippen molar-refractivity contribution in [2.45, 2.75) is 18.8 Å². The molecule has 0 spiro atoms. The fourth-order valence-corrected chi connectivity index (χ4v) is 2.36. The summed E-state index contributed by atoms with van der Waals surface area (Å²) >= 11 is 5.95. The number of nitrogens with one attached hydrogen (secondary N) is 1. The molecule has 0 radical (unpaired) electrons. The van der Waals surface area contributed by atoms with E-state index >= 15 is 0 Å². The Bertz CT molecular complexity index is 533. The first-order chi connectivity index (χ1) is 8.83. The molecule has 1 saturated heterocycles. The first-order valence-corrected chi connectivity index (χ1v) is 6.47.